The van der Waals surface area contributed by atoms with Crippen LogP contribution in [0.4, 0.5) is 0 Å². The fraction of sp³-hybridized carbons (Fsp3) is 0.476. The third-order valence-corrected chi connectivity index (χ3v) is 6.75. The molecule has 4 rings (SSSR count). The van der Waals surface area contributed by atoms with Crippen LogP contribution in [-0.2, 0) is 16.0 Å². The molecule has 0 radical (unpaired) electrons. The van der Waals surface area contributed by atoms with Crippen molar-refractivity contribution in [2.45, 2.75) is 51.6 Å². The van der Waals surface area contributed by atoms with E-state index in [0.29, 0.717) is 24.3 Å². The van der Waals surface area contributed by atoms with Crippen LogP contribution < -0.4 is 0 Å². The highest BCUT2D eigenvalue weighted by molar-refractivity contribution is 7.13. The number of nitrogens with zero attached hydrogens (tertiary/aromatic N) is 2. The maximum Gasteiger partial charge on any atom is 0.314 e. The highest BCUT2D eigenvalue weighted by Gasteiger charge is 2.62. The molecule has 0 unspecified atom stereocenters. The van der Waals surface area contributed by atoms with E-state index < -0.39 is 5.41 Å². The Hall–Kier alpha value is -2.21. The molecule has 0 N–H and O–H groups in total. The number of carbonyl (C=O) groups excluding carboxylic acids is 2. The number of amides is 1. The van der Waals surface area contributed by atoms with Gasteiger partial charge in [-0.25, -0.2) is 4.98 Å². The maximum atomic E-state index is 13.2. The van der Waals surface area contributed by atoms with Crippen LogP contribution in [0.3, 0.4) is 0 Å². The topological polar surface area (TPSA) is 59.5 Å². The normalized spacial score (nSPS) is 26.4. The van der Waals surface area contributed by atoms with Crippen LogP contribution in [0.25, 0.3) is 0 Å². The largest absolute Gasteiger partial charge is 0.465 e. The van der Waals surface area contributed by atoms with E-state index in [0.717, 1.165) is 23.4 Å². The van der Waals surface area contributed by atoms with Crippen LogP contribution in [0.15, 0.2) is 36.5 Å². The minimum absolute atomic E-state index is 0.00679. The fourth-order valence-electron chi connectivity index (χ4n) is 4.79. The van der Waals surface area contributed by atoms with Crippen molar-refractivity contribution in [2.75, 3.05) is 6.61 Å². The Balaban J connectivity index is 1.68. The number of hydrogen-bond acceptors (Lipinski definition) is 5. The molecule has 2 aliphatic rings. The Kier molecular flexibility index (Phi) is 4.76. The summed E-state index contributed by atoms with van der Waals surface area (Å²) in [5.74, 6) is -0.160. The van der Waals surface area contributed by atoms with Crippen molar-refractivity contribution in [1.29, 1.82) is 0 Å². The number of fused-ring (bicyclic) bond motifs is 2. The van der Waals surface area contributed by atoms with E-state index >= 15 is 0 Å². The Morgan fingerprint density at radius 3 is 2.74 bits per heavy atom. The molecule has 0 saturated carbocycles. The summed E-state index contributed by atoms with van der Waals surface area (Å²) in [4.78, 5) is 33.1. The standard InChI is InChI=1S/C21H24N2O3S/c1-3-26-20(25)21(11-15-7-5-4-6-8-15)12-16-9-10-18(21)23(16)19(24)17-13-22-14(2)27-17/h4-8,13,16,18H,3,9-12H2,1-2H3/t16-,18+,21+/m1/s1. The quantitative estimate of drug-likeness (QED) is 0.739. The van der Waals surface area contributed by atoms with Gasteiger partial charge in [0.25, 0.3) is 5.91 Å². The van der Waals surface area contributed by atoms with Gasteiger partial charge in [0.2, 0.25) is 0 Å². The van der Waals surface area contributed by atoms with E-state index in [1.807, 2.05) is 49.1 Å². The van der Waals surface area contributed by atoms with Crippen LogP contribution in [0.2, 0.25) is 0 Å². The molecule has 2 aromatic rings. The molecule has 2 fully saturated rings. The van der Waals surface area contributed by atoms with Gasteiger partial charge in [-0.3, -0.25) is 9.59 Å². The number of carbonyl (C=O) groups is 2. The van der Waals surface area contributed by atoms with Crippen molar-refractivity contribution < 1.29 is 14.3 Å². The molecule has 3 atom stereocenters. The summed E-state index contributed by atoms with van der Waals surface area (Å²) in [5.41, 5.74) is 0.453. The lowest BCUT2D eigenvalue weighted by molar-refractivity contribution is -0.157. The van der Waals surface area contributed by atoms with Crippen LogP contribution in [0.1, 0.15) is 46.4 Å². The lowest BCUT2D eigenvalue weighted by atomic mass is 9.70. The number of hydrogen-bond donors (Lipinski definition) is 0. The molecule has 1 aromatic heterocycles. The summed E-state index contributed by atoms with van der Waals surface area (Å²) >= 11 is 1.42. The second-order valence-corrected chi connectivity index (χ2v) is 8.68. The Bertz CT molecular complexity index is 850. The summed E-state index contributed by atoms with van der Waals surface area (Å²) in [7, 11) is 0. The summed E-state index contributed by atoms with van der Waals surface area (Å²) in [6.45, 7) is 4.09. The van der Waals surface area contributed by atoms with Crippen molar-refractivity contribution >= 4 is 23.2 Å². The van der Waals surface area contributed by atoms with Gasteiger partial charge in [0.15, 0.2) is 0 Å². The average molecular weight is 385 g/mol. The molecule has 1 amide bonds. The molecule has 2 aliphatic heterocycles. The SMILES string of the molecule is CCOC(=O)[C@@]1(Cc2ccccc2)C[C@H]2CC[C@@H]1N2C(=O)c1cnc(C)s1. The third kappa shape index (κ3) is 3.06. The monoisotopic (exact) mass is 384 g/mol. The predicted molar refractivity (Wildman–Crippen MR) is 104 cm³/mol. The van der Waals surface area contributed by atoms with Crippen molar-refractivity contribution in [1.82, 2.24) is 9.88 Å². The summed E-state index contributed by atoms with van der Waals surface area (Å²) in [6.07, 6.45) is 4.74. The van der Waals surface area contributed by atoms with Gasteiger partial charge in [-0.15, -0.1) is 11.3 Å². The zero-order valence-corrected chi connectivity index (χ0v) is 16.5. The molecule has 27 heavy (non-hydrogen) atoms. The Morgan fingerprint density at radius 1 is 1.30 bits per heavy atom. The van der Waals surface area contributed by atoms with Crippen LogP contribution in [0, 0.1) is 12.3 Å². The molecule has 0 spiro atoms. The first kappa shape index (κ1) is 18.2. The molecule has 3 heterocycles. The lowest BCUT2D eigenvalue weighted by Crippen LogP contribution is -2.47. The second-order valence-electron chi connectivity index (χ2n) is 7.45. The predicted octanol–water partition coefficient (Wildman–Crippen LogP) is 3.62. The van der Waals surface area contributed by atoms with E-state index in [-0.39, 0.29) is 24.0 Å². The summed E-state index contributed by atoms with van der Waals surface area (Å²) in [5, 5.41) is 0.880. The number of rotatable bonds is 5. The number of aryl methyl sites for hydroxylation is 1. The van der Waals surface area contributed by atoms with E-state index in [9.17, 15) is 9.59 Å². The van der Waals surface area contributed by atoms with Gasteiger partial charge < -0.3 is 9.64 Å². The van der Waals surface area contributed by atoms with Gasteiger partial charge >= 0.3 is 5.97 Å². The zero-order valence-electron chi connectivity index (χ0n) is 15.7. The summed E-state index contributed by atoms with van der Waals surface area (Å²) in [6, 6.07) is 10.0. The van der Waals surface area contributed by atoms with Crippen molar-refractivity contribution in [3.8, 4) is 0 Å². The number of thiazole rings is 1. The van der Waals surface area contributed by atoms with Crippen LogP contribution in [0.5, 0.6) is 0 Å². The molecule has 2 bridgehead atoms. The third-order valence-electron chi connectivity index (χ3n) is 5.85. The van der Waals surface area contributed by atoms with Gasteiger partial charge in [0.05, 0.1) is 23.2 Å². The van der Waals surface area contributed by atoms with E-state index in [1.54, 1.807) is 6.20 Å². The van der Waals surface area contributed by atoms with Crippen LogP contribution >= 0.6 is 11.3 Å². The molecule has 5 nitrogen and oxygen atoms in total. The van der Waals surface area contributed by atoms with Gasteiger partial charge in [-0.2, -0.15) is 0 Å². The molecule has 1 aromatic carbocycles. The van der Waals surface area contributed by atoms with E-state index in [2.05, 4.69) is 4.98 Å². The Labute approximate surface area is 163 Å². The van der Waals surface area contributed by atoms with Crippen LogP contribution in [-0.4, -0.2) is 40.5 Å². The molecule has 0 aliphatic carbocycles. The minimum atomic E-state index is -0.657. The maximum absolute atomic E-state index is 13.2. The molecular weight excluding hydrogens is 360 g/mol. The molecule has 6 heteroatoms. The first-order chi connectivity index (χ1) is 13.0. The number of aromatic nitrogens is 1. The smallest absolute Gasteiger partial charge is 0.314 e. The fourth-order valence-corrected chi connectivity index (χ4v) is 5.52. The number of benzene rings is 1. The molecule has 142 valence electrons. The van der Waals surface area contributed by atoms with Crippen molar-refractivity contribution in [3.05, 3.63) is 52.0 Å². The highest BCUT2D eigenvalue weighted by atomic mass is 32.1. The average Bonchev–Trinajstić information content (AvgIpc) is 3.36. The lowest BCUT2D eigenvalue weighted by Gasteiger charge is -2.35. The van der Waals surface area contributed by atoms with Crippen molar-refractivity contribution in [2.24, 2.45) is 5.41 Å². The van der Waals surface area contributed by atoms with E-state index in [4.69, 9.17) is 4.74 Å². The first-order valence-corrected chi connectivity index (χ1v) is 10.3. The minimum Gasteiger partial charge on any atom is -0.465 e. The van der Waals surface area contributed by atoms with Gasteiger partial charge in [-0.05, 0) is 45.1 Å². The van der Waals surface area contributed by atoms with E-state index in [1.165, 1.54) is 11.3 Å². The molecule has 2 saturated heterocycles. The molecular formula is C21H24N2O3S. The van der Waals surface area contributed by atoms with Gasteiger partial charge in [0.1, 0.15) is 4.88 Å². The van der Waals surface area contributed by atoms with Gasteiger partial charge in [-0.1, -0.05) is 30.3 Å². The highest BCUT2D eigenvalue weighted by Crippen LogP contribution is 2.52. The first-order valence-electron chi connectivity index (χ1n) is 9.51. The number of ether oxygens (including phenoxy) is 1. The number of esters is 1. The van der Waals surface area contributed by atoms with Crippen molar-refractivity contribution in [3.63, 3.8) is 0 Å². The zero-order chi connectivity index (χ0) is 19.0. The second kappa shape index (κ2) is 7.08. The Morgan fingerprint density at radius 2 is 2.07 bits per heavy atom. The summed E-state index contributed by atoms with van der Waals surface area (Å²) < 4.78 is 5.51. The van der Waals surface area contributed by atoms with Gasteiger partial charge in [0, 0.05) is 12.1 Å².